The number of halogens is 1. The van der Waals surface area contributed by atoms with E-state index in [-0.39, 0.29) is 6.61 Å². The van der Waals surface area contributed by atoms with Crippen molar-refractivity contribution in [1.29, 1.82) is 0 Å². The molecule has 72 valence electrons. The standard InChI is InChI=1S/C6H12ClNO4/c7-6-5(11)3(8)4(10)2(1-9)12-6/h2-6,9-11H,1,8H2/t2-,3-,4-,5-,6+/m1/s1. The van der Waals surface area contributed by atoms with E-state index in [0.29, 0.717) is 0 Å². The molecule has 1 rings (SSSR count). The van der Waals surface area contributed by atoms with Gasteiger partial charge in [0.05, 0.1) is 12.6 Å². The molecule has 1 fully saturated rings. The van der Waals surface area contributed by atoms with Crippen LogP contribution < -0.4 is 5.73 Å². The number of hydrogen-bond donors (Lipinski definition) is 4. The molecule has 6 heteroatoms. The second kappa shape index (κ2) is 3.87. The van der Waals surface area contributed by atoms with Gasteiger partial charge in [-0.2, -0.15) is 0 Å². The third-order valence-electron chi connectivity index (χ3n) is 1.92. The van der Waals surface area contributed by atoms with Gasteiger partial charge in [0.1, 0.15) is 18.3 Å². The van der Waals surface area contributed by atoms with Crippen molar-refractivity contribution < 1.29 is 20.1 Å². The van der Waals surface area contributed by atoms with Gasteiger partial charge < -0.3 is 25.8 Å². The molecule has 0 amide bonds. The van der Waals surface area contributed by atoms with Gasteiger partial charge in [0, 0.05) is 0 Å². The van der Waals surface area contributed by atoms with Crippen molar-refractivity contribution >= 4 is 11.6 Å². The molecule has 0 aliphatic carbocycles. The molecule has 5 nitrogen and oxygen atoms in total. The Kier molecular flexibility index (Phi) is 3.28. The fourth-order valence-corrected chi connectivity index (χ4v) is 1.40. The summed E-state index contributed by atoms with van der Waals surface area (Å²) in [6.07, 6.45) is -3.00. The van der Waals surface area contributed by atoms with Gasteiger partial charge in [0.2, 0.25) is 0 Å². The molecule has 12 heavy (non-hydrogen) atoms. The Labute approximate surface area is 74.7 Å². The van der Waals surface area contributed by atoms with Crippen molar-refractivity contribution in [3.63, 3.8) is 0 Å². The molecule has 0 saturated carbocycles. The van der Waals surface area contributed by atoms with Crippen LogP contribution in [0.2, 0.25) is 0 Å². The van der Waals surface area contributed by atoms with Crippen LogP contribution >= 0.6 is 11.6 Å². The first-order valence-corrected chi connectivity index (χ1v) is 4.03. The molecule has 0 aromatic rings. The zero-order chi connectivity index (χ0) is 9.30. The zero-order valence-electron chi connectivity index (χ0n) is 6.30. The Balaban J connectivity index is 2.63. The molecular weight excluding hydrogens is 186 g/mol. The highest BCUT2D eigenvalue weighted by Gasteiger charge is 2.41. The Morgan fingerprint density at radius 1 is 1.33 bits per heavy atom. The maximum Gasteiger partial charge on any atom is 0.159 e. The molecule has 0 aromatic carbocycles. The van der Waals surface area contributed by atoms with Gasteiger partial charge in [0.25, 0.3) is 0 Å². The summed E-state index contributed by atoms with van der Waals surface area (Å²) in [5, 5.41) is 27.2. The van der Waals surface area contributed by atoms with Crippen LogP contribution in [0.5, 0.6) is 0 Å². The highest BCUT2D eigenvalue weighted by Crippen LogP contribution is 2.21. The Morgan fingerprint density at radius 3 is 2.42 bits per heavy atom. The lowest BCUT2D eigenvalue weighted by Crippen LogP contribution is -2.60. The predicted molar refractivity (Wildman–Crippen MR) is 41.6 cm³/mol. The Bertz CT molecular complexity index is 154. The van der Waals surface area contributed by atoms with E-state index < -0.39 is 29.9 Å². The van der Waals surface area contributed by atoms with E-state index in [1.807, 2.05) is 0 Å². The normalized spacial score (nSPS) is 49.2. The van der Waals surface area contributed by atoms with Crippen molar-refractivity contribution in [1.82, 2.24) is 0 Å². The minimum atomic E-state index is -1.11. The van der Waals surface area contributed by atoms with Crippen molar-refractivity contribution in [3.05, 3.63) is 0 Å². The fraction of sp³-hybridized carbons (Fsp3) is 1.00. The van der Waals surface area contributed by atoms with E-state index >= 15 is 0 Å². The summed E-state index contributed by atoms with van der Waals surface area (Å²) in [6, 6.07) is -0.876. The maximum absolute atomic E-state index is 9.30. The number of aliphatic hydroxyl groups excluding tert-OH is 3. The van der Waals surface area contributed by atoms with E-state index in [4.69, 9.17) is 27.2 Å². The molecule has 1 aliphatic rings. The molecular formula is C6H12ClNO4. The molecule has 0 aromatic heterocycles. The van der Waals surface area contributed by atoms with Crippen LogP contribution in [0.15, 0.2) is 0 Å². The minimum absolute atomic E-state index is 0.370. The summed E-state index contributed by atoms with van der Waals surface area (Å²) in [5.74, 6) is 0. The summed E-state index contributed by atoms with van der Waals surface area (Å²) in [5.41, 5.74) is 4.43. The second-order valence-corrected chi connectivity index (χ2v) is 3.20. The van der Waals surface area contributed by atoms with E-state index in [2.05, 4.69) is 0 Å². The van der Waals surface area contributed by atoms with Crippen LogP contribution in [0, 0.1) is 0 Å². The molecule has 0 bridgehead atoms. The summed E-state index contributed by atoms with van der Waals surface area (Å²) >= 11 is 5.53. The average Bonchev–Trinajstić information content (AvgIpc) is 2.08. The SMILES string of the molecule is N[C@H]1[C@@H](O)[C@@H](Cl)O[C@H](CO)[C@H]1O. The van der Waals surface area contributed by atoms with E-state index in [1.165, 1.54) is 0 Å². The summed E-state index contributed by atoms with van der Waals surface area (Å²) in [7, 11) is 0. The first kappa shape index (κ1) is 10.2. The lowest BCUT2D eigenvalue weighted by Gasteiger charge is -2.38. The summed E-state index contributed by atoms with van der Waals surface area (Å²) < 4.78 is 4.87. The molecule has 1 aliphatic heterocycles. The minimum Gasteiger partial charge on any atom is -0.394 e. The summed E-state index contributed by atoms with van der Waals surface area (Å²) in [6.45, 7) is -0.370. The van der Waals surface area contributed by atoms with Crippen LogP contribution in [-0.4, -0.2) is 51.8 Å². The quantitative estimate of drug-likeness (QED) is 0.365. The van der Waals surface area contributed by atoms with Crippen molar-refractivity contribution in [2.24, 2.45) is 5.73 Å². The molecule has 5 N–H and O–H groups in total. The van der Waals surface area contributed by atoms with Crippen molar-refractivity contribution in [2.75, 3.05) is 6.61 Å². The molecule has 1 saturated heterocycles. The van der Waals surface area contributed by atoms with Crippen LogP contribution in [0.1, 0.15) is 0 Å². The number of rotatable bonds is 1. The maximum atomic E-state index is 9.30. The monoisotopic (exact) mass is 197 g/mol. The van der Waals surface area contributed by atoms with Crippen LogP contribution in [0.3, 0.4) is 0 Å². The first-order valence-electron chi connectivity index (χ1n) is 3.60. The largest absolute Gasteiger partial charge is 0.394 e. The number of alkyl halides is 1. The molecule has 1 heterocycles. The molecule has 0 spiro atoms. The van der Waals surface area contributed by atoms with Crippen molar-refractivity contribution in [3.8, 4) is 0 Å². The van der Waals surface area contributed by atoms with Crippen LogP contribution in [-0.2, 0) is 4.74 Å². The predicted octanol–water partition coefficient (Wildman–Crippen LogP) is -2.01. The van der Waals surface area contributed by atoms with Gasteiger partial charge in [-0.25, -0.2) is 0 Å². The van der Waals surface area contributed by atoms with Gasteiger partial charge >= 0.3 is 0 Å². The average molecular weight is 198 g/mol. The Hall–Kier alpha value is 0.0900. The van der Waals surface area contributed by atoms with Gasteiger partial charge in [-0.15, -0.1) is 0 Å². The van der Waals surface area contributed by atoms with Gasteiger partial charge in [-0.1, -0.05) is 11.6 Å². The lowest BCUT2D eigenvalue weighted by atomic mass is 9.98. The van der Waals surface area contributed by atoms with Crippen molar-refractivity contribution in [2.45, 2.75) is 29.9 Å². The topological polar surface area (TPSA) is 95.9 Å². The second-order valence-electron chi connectivity index (χ2n) is 2.77. The fourth-order valence-electron chi connectivity index (χ4n) is 1.10. The molecule has 0 unspecified atom stereocenters. The highest BCUT2D eigenvalue weighted by atomic mass is 35.5. The van der Waals surface area contributed by atoms with Crippen LogP contribution in [0.4, 0.5) is 0 Å². The zero-order valence-corrected chi connectivity index (χ0v) is 7.05. The Morgan fingerprint density at radius 2 is 1.92 bits per heavy atom. The highest BCUT2D eigenvalue weighted by molar-refractivity contribution is 6.20. The number of aliphatic hydroxyl groups is 3. The number of ether oxygens (including phenoxy) is 1. The number of hydrogen-bond acceptors (Lipinski definition) is 5. The van der Waals surface area contributed by atoms with Gasteiger partial charge in [-0.3, -0.25) is 0 Å². The smallest absolute Gasteiger partial charge is 0.159 e. The number of nitrogens with two attached hydrogens (primary N) is 1. The third kappa shape index (κ3) is 1.71. The van der Waals surface area contributed by atoms with Crippen LogP contribution in [0.25, 0.3) is 0 Å². The van der Waals surface area contributed by atoms with E-state index in [9.17, 15) is 10.2 Å². The third-order valence-corrected chi connectivity index (χ3v) is 2.28. The van der Waals surface area contributed by atoms with E-state index in [1.54, 1.807) is 0 Å². The summed E-state index contributed by atoms with van der Waals surface area (Å²) in [4.78, 5) is 0. The molecule has 5 atom stereocenters. The van der Waals surface area contributed by atoms with E-state index in [0.717, 1.165) is 0 Å². The lowest BCUT2D eigenvalue weighted by molar-refractivity contribution is -0.162. The molecule has 0 radical (unpaired) electrons. The van der Waals surface area contributed by atoms with Gasteiger partial charge in [0.15, 0.2) is 5.56 Å². The van der Waals surface area contributed by atoms with Gasteiger partial charge in [-0.05, 0) is 0 Å². The first-order chi connectivity index (χ1) is 5.57.